The van der Waals surface area contributed by atoms with Gasteiger partial charge < -0.3 is 130 Å². The van der Waals surface area contributed by atoms with E-state index < -0.39 is 187 Å². The van der Waals surface area contributed by atoms with E-state index in [4.69, 9.17) is 48.4 Å². The first kappa shape index (κ1) is 46.0. The molecule has 5 heterocycles. The Balaban J connectivity index is 1.33. The molecule has 25 atom stereocenters. The largest absolute Gasteiger partial charge is 0.394 e. The normalized spacial score (nSPS) is 52.2. The highest BCUT2D eigenvalue weighted by Crippen LogP contribution is 2.36. The number of aliphatic hydroxyl groups excluding tert-OH is 16. The van der Waals surface area contributed by atoms with Crippen LogP contribution in [-0.4, -0.2) is 268 Å². The lowest BCUT2D eigenvalue weighted by Gasteiger charge is -2.48. The van der Waals surface area contributed by atoms with E-state index in [0.717, 1.165) is 0 Å². The molecule has 5 rings (SSSR count). The molecule has 0 aromatic carbocycles. The molecule has 26 heteroatoms. The fourth-order valence-electron chi connectivity index (χ4n) is 7.07. The van der Waals surface area contributed by atoms with Crippen LogP contribution < -0.4 is 5.73 Å². The summed E-state index contributed by atoms with van der Waals surface area (Å²) in [5, 5.41) is 166. The van der Waals surface area contributed by atoms with Crippen molar-refractivity contribution < 1.29 is 124 Å². The minimum Gasteiger partial charge on any atom is -0.394 e. The average molecular weight is 828 g/mol. The number of hydrogen-bond acceptors (Lipinski definition) is 26. The fourth-order valence-corrected chi connectivity index (χ4v) is 7.07. The zero-order valence-corrected chi connectivity index (χ0v) is 29.4. The van der Waals surface area contributed by atoms with Crippen LogP contribution >= 0.6 is 0 Å². The maximum atomic E-state index is 11.4. The summed E-state index contributed by atoms with van der Waals surface area (Å²) in [4.78, 5) is 0. The molecule has 56 heavy (non-hydrogen) atoms. The molecule has 26 nitrogen and oxygen atoms in total. The van der Waals surface area contributed by atoms with Crippen molar-refractivity contribution in [3.63, 3.8) is 0 Å². The lowest BCUT2D eigenvalue weighted by atomic mass is 9.95. The van der Waals surface area contributed by atoms with Crippen molar-refractivity contribution in [2.75, 3.05) is 33.0 Å². The summed E-state index contributed by atoms with van der Waals surface area (Å²) in [5.74, 6) is 0. The minimum atomic E-state index is -2.14. The Bertz CT molecular complexity index is 1210. The van der Waals surface area contributed by atoms with E-state index in [-0.39, 0.29) is 0 Å². The SMILES string of the molecule is N[C@@H]1[C@@H](O)[C@H](O[C@H]2O[C@H](CO)[C@@H](O)[C@H](O[C@H]3O[C@H](CO)[C@@H](O)[C@H](O[C@@H]4O[C@@H]([C@H](O)CO)[C@H](O[C@H]5O[C@H](CO)[C@H](O)[C@H](O)[C@H]5O)[C@H]4O)[C@@H]3O)[C@@H]2O)[C@@H](CO)O[C@@H]1O. The zero-order chi connectivity index (χ0) is 41.3. The highest BCUT2D eigenvalue weighted by Gasteiger charge is 2.57. The summed E-state index contributed by atoms with van der Waals surface area (Å²) in [7, 11) is 0. The van der Waals surface area contributed by atoms with Gasteiger partial charge in [0.2, 0.25) is 0 Å². The monoisotopic (exact) mass is 827 g/mol. The van der Waals surface area contributed by atoms with Gasteiger partial charge in [0.05, 0.1) is 39.1 Å². The first-order valence-electron chi connectivity index (χ1n) is 17.7. The second kappa shape index (κ2) is 19.6. The highest BCUT2D eigenvalue weighted by atomic mass is 16.8. The summed E-state index contributed by atoms with van der Waals surface area (Å²) >= 11 is 0. The average Bonchev–Trinajstić information content (AvgIpc) is 3.49. The molecule has 0 bridgehead atoms. The third-order valence-corrected chi connectivity index (χ3v) is 10.4. The summed E-state index contributed by atoms with van der Waals surface area (Å²) in [5.41, 5.74) is 5.74. The van der Waals surface area contributed by atoms with Gasteiger partial charge in [-0.25, -0.2) is 0 Å². The van der Waals surface area contributed by atoms with Gasteiger partial charge in [0.25, 0.3) is 0 Å². The van der Waals surface area contributed by atoms with Crippen molar-refractivity contribution in [3.05, 3.63) is 0 Å². The van der Waals surface area contributed by atoms with Crippen molar-refractivity contribution in [3.8, 4) is 0 Å². The predicted molar refractivity (Wildman–Crippen MR) is 168 cm³/mol. The van der Waals surface area contributed by atoms with Crippen molar-refractivity contribution in [1.82, 2.24) is 0 Å². The van der Waals surface area contributed by atoms with E-state index in [0.29, 0.717) is 0 Å². The Kier molecular flexibility index (Phi) is 16.1. The van der Waals surface area contributed by atoms with E-state index in [9.17, 15) is 81.7 Å². The van der Waals surface area contributed by atoms with Crippen LogP contribution in [0.1, 0.15) is 0 Å². The fraction of sp³-hybridized carbons (Fsp3) is 1.00. The first-order chi connectivity index (χ1) is 26.5. The quantitative estimate of drug-likeness (QED) is 0.0773. The zero-order valence-electron chi connectivity index (χ0n) is 29.4. The Morgan fingerprint density at radius 3 is 1.27 bits per heavy atom. The third-order valence-electron chi connectivity index (χ3n) is 10.4. The Labute approximate surface area is 316 Å². The van der Waals surface area contributed by atoms with Gasteiger partial charge in [-0.2, -0.15) is 0 Å². The molecular formula is C30H53NO25. The van der Waals surface area contributed by atoms with Crippen LogP contribution in [0.2, 0.25) is 0 Å². The van der Waals surface area contributed by atoms with Gasteiger partial charge >= 0.3 is 0 Å². The molecule has 5 fully saturated rings. The van der Waals surface area contributed by atoms with Crippen molar-refractivity contribution >= 4 is 0 Å². The Morgan fingerprint density at radius 2 is 0.804 bits per heavy atom. The van der Waals surface area contributed by atoms with Crippen LogP contribution in [0.3, 0.4) is 0 Å². The molecule has 328 valence electrons. The molecule has 0 radical (unpaired) electrons. The lowest BCUT2D eigenvalue weighted by Crippen LogP contribution is -2.67. The topological polar surface area (TPSA) is 433 Å². The molecule has 5 aliphatic rings. The van der Waals surface area contributed by atoms with E-state index in [1.807, 2.05) is 0 Å². The van der Waals surface area contributed by atoms with Crippen molar-refractivity contribution in [1.29, 1.82) is 0 Å². The maximum absolute atomic E-state index is 11.4. The van der Waals surface area contributed by atoms with E-state index in [1.54, 1.807) is 0 Å². The van der Waals surface area contributed by atoms with Gasteiger partial charge in [0.15, 0.2) is 31.5 Å². The van der Waals surface area contributed by atoms with Crippen LogP contribution in [0.25, 0.3) is 0 Å². The summed E-state index contributed by atoms with van der Waals surface area (Å²) in [6.07, 6.45) is -43.6. The van der Waals surface area contributed by atoms with Gasteiger partial charge in [-0.05, 0) is 0 Å². The molecular weight excluding hydrogens is 774 g/mol. The molecule has 0 aromatic heterocycles. The van der Waals surface area contributed by atoms with Gasteiger partial charge in [-0.15, -0.1) is 0 Å². The van der Waals surface area contributed by atoms with Crippen LogP contribution in [-0.2, 0) is 42.6 Å². The van der Waals surface area contributed by atoms with Crippen LogP contribution in [0.4, 0.5) is 0 Å². The Hall–Kier alpha value is -1.04. The molecule has 0 aliphatic carbocycles. The molecule has 0 spiro atoms. The van der Waals surface area contributed by atoms with Crippen molar-refractivity contribution in [2.24, 2.45) is 5.73 Å². The molecule has 0 aromatic rings. The van der Waals surface area contributed by atoms with Gasteiger partial charge in [0.1, 0.15) is 116 Å². The number of ether oxygens (including phenoxy) is 9. The Morgan fingerprint density at radius 1 is 0.411 bits per heavy atom. The molecule has 18 N–H and O–H groups in total. The number of nitrogens with two attached hydrogens (primary N) is 1. The van der Waals surface area contributed by atoms with E-state index in [1.165, 1.54) is 0 Å². The van der Waals surface area contributed by atoms with Gasteiger partial charge in [-0.3, -0.25) is 0 Å². The molecule has 5 aliphatic heterocycles. The molecule has 5 saturated heterocycles. The van der Waals surface area contributed by atoms with Crippen molar-refractivity contribution in [2.45, 2.75) is 153 Å². The number of aliphatic hydroxyl groups is 16. The smallest absolute Gasteiger partial charge is 0.187 e. The molecule has 0 saturated carbocycles. The summed E-state index contributed by atoms with van der Waals surface area (Å²) in [6, 6.07) is -1.45. The lowest BCUT2D eigenvalue weighted by molar-refractivity contribution is -0.380. The second-order valence-electron chi connectivity index (χ2n) is 14.0. The maximum Gasteiger partial charge on any atom is 0.187 e. The van der Waals surface area contributed by atoms with Gasteiger partial charge in [-0.1, -0.05) is 0 Å². The summed E-state index contributed by atoms with van der Waals surface area (Å²) in [6.45, 7) is -4.51. The summed E-state index contributed by atoms with van der Waals surface area (Å²) < 4.78 is 49.7. The number of rotatable bonds is 14. The molecule has 0 amide bonds. The minimum absolute atomic E-state index is 0.811. The van der Waals surface area contributed by atoms with E-state index in [2.05, 4.69) is 0 Å². The van der Waals surface area contributed by atoms with Crippen LogP contribution in [0.15, 0.2) is 0 Å². The highest BCUT2D eigenvalue weighted by molar-refractivity contribution is 5.00. The first-order valence-corrected chi connectivity index (χ1v) is 17.7. The third kappa shape index (κ3) is 9.16. The predicted octanol–water partition coefficient (Wildman–Crippen LogP) is -12.0. The number of hydrogen-bond donors (Lipinski definition) is 17. The standard InChI is InChI=1S/C30H53NO25/c31-11-15(41)22(10(5-36)48-26(11)47)53-28-18(44)23(13(39)8(3-34)50-28)54-29-19(45)24(14(40)9(4-35)51-29)55-30-20(46)25(21(52-30)6(37)1-32)56-27-17(43)16(42)12(38)7(2-33)49-27/h6-30,32-47H,1-5,31H2/t6-,7-,8-,9-,10-,11-,12+,13-,14-,15-,16+,17-,18+,19+,20-,21+,22-,23+,24+,25-,26+,27-,28-,29-,30+/m1/s1. The molecule has 0 unspecified atom stereocenters. The van der Waals surface area contributed by atoms with Gasteiger partial charge in [0, 0.05) is 0 Å². The van der Waals surface area contributed by atoms with Crippen LogP contribution in [0.5, 0.6) is 0 Å². The van der Waals surface area contributed by atoms with Crippen LogP contribution in [0, 0.1) is 0 Å². The second-order valence-corrected chi connectivity index (χ2v) is 14.0. The van der Waals surface area contributed by atoms with E-state index >= 15 is 0 Å².